The Hall–Kier alpha value is -0.450. The van der Waals surface area contributed by atoms with Crippen molar-refractivity contribution < 1.29 is 0 Å². The Morgan fingerprint density at radius 2 is 2.29 bits per heavy atom. The lowest BCUT2D eigenvalue weighted by Gasteiger charge is -2.19. The molecule has 1 aliphatic heterocycles. The summed E-state index contributed by atoms with van der Waals surface area (Å²) in [4.78, 5) is 8.42. The summed E-state index contributed by atoms with van der Waals surface area (Å²) < 4.78 is 0. The molecule has 1 aromatic heterocycles. The highest BCUT2D eigenvalue weighted by Gasteiger charge is 2.34. The Balaban J connectivity index is 1.53. The number of thiazole rings is 1. The summed E-state index contributed by atoms with van der Waals surface area (Å²) in [5.74, 6) is 0. The highest BCUT2D eigenvalue weighted by Crippen LogP contribution is 2.30. The summed E-state index contributed by atoms with van der Waals surface area (Å²) in [6.07, 6.45) is 6.12. The summed E-state index contributed by atoms with van der Waals surface area (Å²) in [5, 5.41) is 4.96. The van der Waals surface area contributed by atoms with Gasteiger partial charge in [-0.25, -0.2) is 4.98 Å². The number of aryl methyl sites for hydroxylation is 1. The molecule has 2 heterocycles. The molecule has 0 aromatic carbocycles. The predicted molar refractivity (Wildman–Crippen MR) is 71.4 cm³/mol. The molecule has 4 heteroatoms. The van der Waals surface area contributed by atoms with Gasteiger partial charge in [0.15, 0.2) is 0 Å². The topological polar surface area (TPSA) is 28.2 Å². The lowest BCUT2D eigenvalue weighted by molar-refractivity contribution is 0.313. The molecule has 0 radical (unpaired) electrons. The Morgan fingerprint density at radius 3 is 2.94 bits per heavy atom. The second-order valence-electron chi connectivity index (χ2n) is 5.41. The smallest absolute Gasteiger partial charge is 0.109 e. The molecule has 1 saturated heterocycles. The minimum absolute atomic E-state index is 0.401. The van der Waals surface area contributed by atoms with Crippen LogP contribution in [0.5, 0.6) is 0 Å². The first-order valence-corrected chi connectivity index (χ1v) is 7.46. The molecule has 3 rings (SSSR count). The molecule has 2 atom stereocenters. The number of likely N-dealkylation sites (tertiary alicyclic amines) is 1. The summed E-state index contributed by atoms with van der Waals surface area (Å²) in [5.41, 5.74) is 0. The van der Waals surface area contributed by atoms with Crippen molar-refractivity contribution in [1.82, 2.24) is 15.2 Å². The zero-order valence-corrected chi connectivity index (χ0v) is 11.5. The third-order valence-corrected chi connectivity index (χ3v) is 4.87. The lowest BCUT2D eigenvalue weighted by atomic mass is 10.2. The van der Waals surface area contributed by atoms with Crippen molar-refractivity contribution in [2.24, 2.45) is 0 Å². The van der Waals surface area contributed by atoms with Gasteiger partial charge < -0.3 is 5.32 Å². The number of nitrogens with zero attached hydrogens (tertiary/aromatic N) is 2. The second kappa shape index (κ2) is 4.67. The summed E-state index contributed by atoms with van der Waals surface area (Å²) in [6.45, 7) is 6.88. The van der Waals surface area contributed by atoms with Gasteiger partial charge in [-0.05, 0) is 33.1 Å². The Bertz CT molecular complexity index is 386. The highest BCUT2D eigenvalue weighted by molar-refractivity contribution is 7.11. The van der Waals surface area contributed by atoms with E-state index in [4.69, 9.17) is 0 Å². The largest absolute Gasteiger partial charge is 0.304 e. The minimum atomic E-state index is 0.401. The van der Waals surface area contributed by atoms with Crippen LogP contribution in [0.4, 0.5) is 0 Å². The maximum Gasteiger partial charge on any atom is 0.109 e. The molecule has 1 N–H and O–H groups in total. The fourth-order valence-electron chi connectivity index (χ4n) is 2.69. The first-order chi connectivity index (χ1) is 8.22. The molecule has 0 spiro atoms. The van der Waals surface area contributed by atoms with E-state index in [0.717, 1.165) is 6.04 Å². The molecule has 94 valence electrons. The van der Waals surface area contributed by atoms with E-state index in [0.29, 0.717) is 12.1 Å². The zero-order valence-electron chi connectivity index (χ0n) is 10.6. The van der Waals surface area contributed by atoms with Gasteiger partial charge in [0.25, 0.3) is 0 Å². The van der Waals surface area contributed by atoms with E-state index >= 15 is 0 Å². The fraction of sp³-hybridized carbons (Fsp3) is 0.769. The number of hydrogen-bond donors (Lipinski definition) is 1. The van der Waals surface area contributed by atoms with Crippen molar-refractivity contribution in [3.05, 3.63) is 16.1 Å². The molecule has 3 nitrogen and oxygen atoms in total. The maximum absolute atomic E-state index is 4.47. The van der Waals surface area contributed by atoms with E-state index in [1.165, 1.54) is 42.2 Å². The first-order valence-electron chi connectivity index (χ1n) is 6.65. The van der Waals surface area contributed by atoms with Gasteiger partial charge in [0.1, 0.15) is 5.01 Å². The van der Waals surface area contributed by atoms with Gasteiger partial charge in [-0.1, -0.05) is 0 Å². The molecule has 1 saturated carbocycles. The molecule has 0 bridgehead atoms. The predicted octanol–water partition coefficient (Wildman–Crippen LogP) is 2.34. The second-order valence-corrected chi connectivity index (χ2v) is 6.68. The molecule has 1 aliphatic carbocycles. The fourth-order valence-corrected chi connectivity index (χ4v) is 3.48. The van der Waals surface area contributed by atoms with Crippen LogP contribution in [0.3, 0.4) is 0 Å². The number of rotatable bonds is 4. The van der Waals surface area contributed by atoms with Crippen LogP contribution in [-0.2, 0) is 0 Å². The summed E-state index contributed by atoms with van der Waals surface area (Å²) in [6, 6.07) is 1.98. The summed E-state index contributed by atoms with van der Waals surface area (Å²) in [7, 11) is 0. The third kappa shape index (κ3) is 2.69. The average molecular weight is 251 g/mol. The normalized spacial score (nSPS) is 27.5. The SMILES string of the molecule is Cc1cnc(C(C)NC2CCN(C3CC3)C2)s1. The molecule has 0 amide bonds. The molecular formula is C13H21N3S. The van der Waals surface area contributed by atoms with Crippen LogP contribution in [0.25, 0.3) is 0 Å². The van der Waals surface area contributed by atoms with Crippen LogP contribution in [0.1, 0.15) is 42.1 Å². The van der Waals surface area contributed by atoms with E-state index in [1.54, 1.807) is 0 Å². The molecule has 2 fully saturated rings. The standard InChI is InChI=1S/C13H21N3S/c1-9-7-14-13(17-9)10(2)15-11-5-6-16(8-11)12-3-4-12/h7,10-12,15H,3-6,8H2,1-2H3. The number of aromatic nitrogens is 1. The lowest BCUT2D eigenvalue weighted by Crippen LogP contribution is -2.34. The van der Waals surface area contributed by atoms with E-state index in [9.17, 15) is 0 Å². The van der Waals surface area contributed by atoms with Gasteiger partial charge in [-0.3, -0.25) is 4.90 Å². The van der Waals surface area contributed by atoms with E-state index in [2.05, 4.69) is 29.0 Å². The van der Waals surface area contributed by atoms with Crippen LogP contribution < -0.4 is 5.32 Å². The van der Waals surface area contributed by atoms with Crippen LogP contribution in [0.15, 0.2) is 6.20 Å². The molecule has 2 unspecified atom stereocenters. The van der Waals surface area contributed by atoms with Crippen molar-refractivity contribution in [2.75, 3.05) is 13.1 Å². The van der Waals surface area contributed by atoms with Crippen LogP contribution >= 0.6 is 11.3 Å². The molecule has 2 aliphatic rings. The Labute approximate surface area is 107 Å². The van der Waals surface area contributed by atoms with Gasteiger partial charge >= 0.3 is 0 Å². The molecule has 17 heavy (non-hydrogen) atoms. The van der Waals surface area contributed by atoms with Gasteiger partial charge in [-0.15, -0.1) is 11.3 Å². The first kappa shape index (κ1) is 11.6. The van der Waals surface area contributed by atoms with Crippen LogP contribution in [0, 0.1) is 6.92 Å². The van der Waals surface area contributed by atoms with E-state index in [-0.39, 0.29) is 0 Å². The van der Waals surface area contributed by atoms with E-state index < -0.39 is 0 Å². The van der Waals surface area contributed by atoms with Crippen molar-refractivity contribution in [3.8, 4) is 0 Å². The van der Waals surface area contributed by atoms with Crippen LogP contribution in [0.2, 0.25) is 0 Å². The number of hydrogen-bond acceptors (Lipinski definition) is 4. The third-order valence-electron chi connectivity index (χ3n) is 3.78. The van der Waals surface area contributed by atoms with Gasteiger partial charge in [0, 0.05) is 36.2 Å². The van der Waals surface area contributed by atoms with Crippen LogP contribution in [-0.4, -0.2) is 35.1 Å². The quantitative estimate of drug-likeness (QED) is 0.890. The van der Waals surface area contributed by atoms with Crippen molar-refractivity contribution >= 4 is 11.3 Å². The Morgan fingerprint density at radius 1 is 1.47 bits per heavy atom. The average Bonchev–Trinajstić information content (AvgIpc) is 2.90. The zero-order chi connectivity index (χ0) is 11.8. The molecule has 1 aromatic rings. The monoisotopic (exact) mass is 251 g/mol. The highest BCUT2D eigenvalue weighted by atomic mass is 32.1. The maximum atomic E-state index is 4.47. The van der Waals surface area contributed by atoms with Gasteiger partial charge in [-0.2, -0.15) is 0 Å². The molecular weight excluding hydrogens is 230 g/mol. The van der Waals surface area contributed by atoms with Gasteiger partial charge in [0.2, 0.25) is 0 Å². The van der Waals surface area contributed by atoms with E-state index in [1.807, 2.05) is 17.5 Å². The van der Waals surface area contributed by atoms with Crippen molar-refractivity contribution in [2.45, 2.75) is 51.2 Å². The van der Waals surface area contributed by atoms with Crippen molar-refractivity contribution in [1.29, 1.82) is 0 Å². The van der Waals surface area contributed by atoms with Crippen molar-refractivity contribution in [3.63, 3.8) is 0 Å². The number of nitrogens with one attached hydrogen (secondary N) is 1. The Kier molecular flexibility index (Phi) is 3.19. The summed E-state index contributed by atoms with van der Waals surface area (Å²) >= 11 is 1.81. The minimum Gasteiger partial charge on any atom is -0.304 e. The van der Waals surface area contributed by atoms with Gasteiger partial charge in [0.05, 0.1) is 6.04 Å².